The Morgan fingerprint density at radius 2 is 1.38 bits per heavy atom. The van der Waals surface area contributed by atoms with Crippen LogP contribution < -0.4 is 14.7 Å². The van der Waals surface area contributed by atoms with E-state index in [1.807, 2.05) is 97.4 Å². The van der Waals surface area contributed by atoms with Crippen molar-refractivity contribution in [1.82, 2.24) is 9.55 Å². The first-order valence-corrected chi connectivity index (χ1v) is 12.8. The van der Waals surface area contributed by atoms with Gasteiger partial charge in [0.1, 0.15) is 11.5 Å². The van der Waals surface area contributed by atoms with Crippen molar-refractivity contribution in [3.05, 3.63) is 120 Å². The molecule has 7 heteroatoms. The van der Waals surface area contributed by atoms with Crippen LogP contribution in [0.2, 0.25) is 0 Å². The summed E-state index contributed by atoms with van der Waals surface area (Å²) >= 11 is 5.88. The SMILES string of the molecule is Cc1ccc(OP(=S)(/N=c2\ncccn2Cc2ccccc2)Oc2ccc(C)cc2)cc1. The third kappa shape index (κ3) is 5.94. The number of hydrogen-bond acceptors (Lipinski definition) is 4. The summed E-state index contributed by atoms with van der Waals surface area (Å²) in [7, 11) is 0. The van der Waals surface area contributed by atoms with E-state index in [-0.39, 0.29) is 0 Å². The summed E-state index contributed by atoms with van der Waals surface area (Å²) in [6.45, 7) is 1.48. The lowest BCUT2D eigenvalue weighted by Gasteiger charge is -2.20. The number of aromatic nitrogens is 2. The van der Waals surface area contributed by atoms with Crippen LogP contribution in [-0.2, 0) is 18.4 Å². The molecule has 32 heavy (non-hydrogen) atoms. The highest BCUT2D eigenvalue weighted by Crippen LogP contribution is 2.49. The van der Waals surface area contributed by atoms with Gasteiger partial charge < -0.3 is 13.6 Å². The third-order valence-corrected chi connectivity index (χ3v) is 6.69. The van der Waals surface area contributed by atoms with Gasteiger partial charge in [-0.2, -0.15) is 0 Å². The molecule has 0 saturated carbocycles. The maximum Gasteiger partial charge on any atom is 0.417 e. The quantitative estimate of drug-likeness (QED) is 0.325. The minimum atomic E-state index is -3.17. The summed E-state index contributed by atoms with van der Waals surface area (Å²) in [4.78, 5) is 4.47. The number of rotatable bonds is 7. The summed E-state index contributed by atoms with van der Waals surface area (Å²) < 4.78 is 19.1. The number of benzene rings is 3. The van der Waals surface area contributed by atoms with Crippen molar-refractivity contribution in [3.63, 3.8) is 0 Å². The minimum absolute atomic E-state index is 0.457. The number of nitrogens with zero attached hydrogens (tertiary/aromatic N) is 3. The zero-order valence-corrected chi connectivity index (χ0v) is 19.7. The fourth-order valence-corrected chi connectivity index (χ4v) is 5.03. The van der Waals surface area contributed by atoms with Crippen molar-refractivity contribution in [2.75, 3.05) is 0 Å². The Bertz CT molecular complexity index is 1240. The highest BCUT2D eigenvalue weighted by molar-refractivity contribution is 8.09. The zero-order chi connectivity index (χ0) is 22.4. The zero-order valence-electron chi connectivity index (χ0n) is 18.0. The van der Waals surface area contributed by atoms with E-state index < -0.39 is 6.64 Å². The molecule has 0 fully saturated rings. The predicted octanol–water partition coefficient (Wildman–Crippen LogP) is 5.83. The van der Waals surface area contributed by atoms with Crippen molar-refractivity contribution >= 4 is 18.4 Å². The van der Waals surface area contributed by atoms with Crippen LogP contribution in [0.4, 0.5) is 0 Å². The average Bonchev–Trinajstić information content (AvgIpc) is 2.79. The molecule has 0 N–H and O–H groups in total. The van der Waals surface area contributed by atoms with E-state index in [1.54, 1.807) is 6.20 Å². The van der Waals surface area contributed by atoms with Gasteiger partial charge in [0.25, 0.3) is 0 Å². The fourth-order valence-electron chi connectivity index (χ4n) is 3.01. The van der Waals surface area contributed by atoms with Crippen molar-refractivity contribution in [3.8, 4) is 11.5 Å². The van der Waals surface area contributed by atoms with Gasteiger partial charge in [-0.3, -0.25) is 0 Å². The smallest absolute Gasteiger partial charge is 0.417 e. The molecule has 0 aliphatic heterocycles. The topological polar surface area (TPSA) is 48.6 Å². The molecule has 0 aliphatic rings. The molecule has 0 bridgehead atoms. The van der Waals surface area contributed by atoms with Gasteiger partial charge in [-0.15, -0.1) is 4.76 Å². The molecule has 1 aromatic heterocycles. The van der Waals surface area contributed by atoms with Crippen LogP contribution in [0, 0.1) is 13.8 Å². The van der Waals surface area contributed by atoms with E-state index in [1.165, 1.54) is 0 Å². The van der Waals surface area contributed by atoms with E-state index in [2.05, 4.69) is 17.1 Å². The summed E-state index contributed by atoms with van der Waals surface area (Å²) in [6, 6.07) is 27.4. The lowest BCUT2D eigenvalue weighted by atomic mass is 10.2. The summed E-state index contributed by atoms with van der Waals surface area (Å²) in [5.41, 5.74) is 3.85. The lowest BCUT2D eigenvalue weighted by Crippen LogP contribution is -2.24. The molecule has 162 valence electrons. The van der Waals surface area contributed by atoms with E-state index >= 15 is 0 Å². The van der Waals surface area contributed by atoms with Crippen molar-refractivity contribution in [2.24, 2.45) is 4.76 Å². The average molecular weight is 462 g/mol. The van der Waals surface area contributed by atoms with Gasteiger partial charge in [0.2, 0.25) is 5.62 Å². The number of hydrogen-bond donors (Lipinski definition) is 0. The highest BCUT2D eigenvalue weighted by atomic mass is 32.5. The maximum absolute atomic E-state index is 6.18. The normalized spacial score (nSPS) is 11.9. The summed E-state index contributed by atoms with van der Waals surface area (Å²) in [5, 5.41) is 0. The molecule has 4 rings (SSSR count). The molecular weight excluding hydrogens is 437 g/mol. The lowest BCUT2D eigenvalue weighted by molar-refractivity contribution is 0.484. The minimum Gasteiger partial charge on any atom is -0.419 e. The Kier molecular flexibility index (Phi) is 6.84. The molecule has 0 saturated heterocycles. The van der Waals surface area contributed by atoms with Crippen LogP contribution in [0.25, 0.3) is 0 Å². The van der Waals surface area contributed by atoms with Crippen LogP contribution >= 0.6 is 6.64 Å². The monoisotopic (exact) mass is 461 g/mol. The summed E-state index contributed by atoms with van der Waals surface area (Å²) in [6.07, 6.45) is 3.62. The molecule has 4 aromatic rings. The van der Waals surface area contributed by atoms with E-state index in [0.717, 1.165) is 16.7 Å². The van der Waals surface area contributed by atoms with Crippen molar-refractivity contribution < 1.29 is 9.05 Å². The maximum atomic E-state index is 6.18. The van der Waals surface area contributed by atoms with Crippen LogP contribution in [-0.4, -0.2) is 9.55 Å². The molecule has 3 aromatic carbocycles. The molecule has 0 aliphatic carbocycles. The van der Waals surface area contributed by atoms with E-state index in [9.17, 15) is 0 Å². The largest absolute Gasteiger partial charge is 0.419 e. The van der Waals surface area contributed by atoms with Crippen LogP contribution in [0.5, 0.6) is 11.5 Å². The van der Waals surface area contributed by atoms with Crippen molar-refractivity contribution in [2.45, 2.75) is 20.4 Å². The van der Waals surface area contributed by atoms with Crippen LogP contribution in [0.3, 0.4) is 0 Å². The first kappa shape index (κ1) is 22.0. The Labute approximate surface area is 193 Å². The van der Waals surface area contributed by atoms with E-state index in [0.29, 0.717) is 23.7 Å². The molecule has 1 heterocycles. The Balaban J connectivity index is 1.74. The second-order valence-electron chi connectivity index (χ2n) is 7.41. The highest BCUT2D eigenvalue weighted by Gasteiger charge is 2.23. The molecule has 0 unspecified atom stereocenters. The fraction of sp³-hybridized carbons (Fsp3) is 0.120. The van der Waals surface area contributed by atoms with Crippen LogP contribution in [0.15, 0.2) is 102 Å². The van der Waals surface area contributed by atoms with Gasteiger partial charge in [-0.25, -0.2) is 4.98 Å². The molecule has 0 amide bonds. The summed E-state index contributed by atoms with van der Waals surface area (Å²) in [5.74, 6) is 1.22. The van der Waals surface area contributed by atoms with Gasteiger partial charge >= 0.3 is 6.64 Å². The van der Waals surface area contributed by atoms with Gasteiger partial charge in [-0.05, 0) is 49.7 Å². The Morgan fingerprint density at radius 1 is 0.812 bits per heavy atom. The molecule has 0 radical (unpaired) electrons. The first-order valence-electron chi connectivity index (χ1n) is 10.2. The van der Waals surface area contributed by atoms with E-state index in [4.69, 9.17) is 25.6 Å². The van der Waals surface area contributed by atoms with Gasteiger partial charge in [0.05, 0.1) is 6.54 Å². The molecule has 0 spiro atoms. The molecule has 5 nitrogen and oxygen atoms in total. The predicted molar refractivity (Wildman–Crippen MR) is 131 cm³/mol. The Hall–Kier alpha value is -3.21. The molecule has 0 atom stereocenters. The third-order valence-electron chi connectivity index (χ3n) is 4.69. The van der Waals surface area contributed by atoms with Crippen LogP contribution in [0.1, 0.15) is 16.7 Å². The Morgan fingerprint density at radius 3 is 1.94 bits per heavy atom. The second-order valence-corrected chi connectivity index (χ2v) is 10.3. The first-order chi connectivity index (χ1) is 15.5. The van der Waals surface area contributed by atoms with Gasteiger partial charge in [0, 0.05) is 24.2 Å². The van der Waals surface area contributed by atoms with Gasteiger partial charge in [-0.1, -0.05) is 65.7 Å². The number of aryl methyl sites for hydroxylation is 2. The van der Waals surface area contributed by atoms with Crippen molar-refractivity contribution in [1.29, 1.82) is 0 Å². The second kappa shape index (κ2) is 9.94. The molecular formula is C25H24N3O2PS. The standard InChI is InChI=1S/C25H24N3O2PS/c1-20-9-13-23(14-10-20)29-31(32,30-24-15-11-21(2)12-16-24)27-25-26-17-6-18-28(25)19-22-7-4-3-5-8-22/h3-18H,19H2,1-2H3/b27-25+. The van der Waals surface area contributed by atoms with Gasteiger partial charge in [0.15, 0.2) is 0 Å².